The molecule has 0 spiro atoms. The maximum Gasteiger partial charge on any atom is 0.124 e. The van der Waals surface area contributed by atoms with Crippen molar-refractivity contribution in [3.8, 4) is 11.5 Å². The molecule has 2 aromatic carbocycles. The minimum Gasteiger partial charge on any atom is -0.497 e. The van der Waals surface area contributed by atoms with Crippen LogP contribution < -0.4 is 15.2 Å². The highest BCUT2D eigenvalue weighted by molar-refractivity contribution is 5.38. The summed E-state index contributed by atoms with van der Waals surface area (Å²) in [6.45, 7) is 4.67. The van der Waals surface area contributed by atoms with Crippen LogP contribution >= 0.6 is 0 Å². The Bertz CT molecular complexity index is 576. The van der Waals surface area contributed by atoms with Crippen molar-refractivity contribution in [2.24, 2.45) is 5.73 Å². The van der Waals surface area contributed by atoms with Crippen molar-refractivity contribution in [3.63, 3.8) is 0 Å². The van der Waals surface area contributed by atoms with Crippen LogP contribution in [0.15, 0.2) is 42.5 Å². The highest BCUT2D eigenvalue weighted by atomic mass is 16.5. The molecular formula is C18H23NO2. The Balaban J connectivity index is 1.96. The number of ether oxygens (including phenoxy) is 2. The lowest BCUT2D eigenvalue weighted by atomic mass is 10.1. The molecule has 0 aromatic heterocycles. The normalized spacial score (nSPS) is 12.0. The average Bonchev–Trinajstić information content (AvgIpc) is 2.49. The van der Waals surface area contributed by atoms with Gasteiger partial charge in [0, 0.05) is 18.0 Å². The van der Waals surface area contributed by atoms with Gasteiger partial charge in [0.25, 0.3) is 0 Å². The summed E-state index contributed by atoms with van der Waals surface area (Å²) in [5.41, 5.74) is 9.49. The van der Waals surface area contributed by atoms with Gasteiger partial charge in [0.05, 0.1) is 13.7 Å². The summed E-state index contributed by atoms with van der Waals surface area (Å²) in [7, 11) is 1.67. The predicted molar refractivity (Wildman–Crippen MR) is 86.0 cm³/mol. The fourth-order valence-electron chi connectivity index (χ4n) is 2.23. The highest BCUT2D eigenvalue weighted by Gasteiger charge is 2.08. The molecule has 2 aromatic rings. The lowest BCUT2D eigenvalue weighted by molar-refractivity contribution is 0.317. The lowest BCUT2D eigenvalue weighted by Crippen LogP contribution is -2.10. The van der Waals surface area contributed by atoms with Crippen molar-refractivity contribution in [1.29, 1.82) is 0 Å². The SMILES string of the molecule is COc1ccc(CCOc2ccc(C)cc2[C@@H](C)N)cc1. The third kappa shape index (κ3) is 4.23. The molecule has 21 heavy (non-hydrogen) atoms. The zero-order valence-corrected chi connectivity index (χ0v) is 12.9. The molecule has 0 saturated carbocycles. The molecule has 112 valence electrons. The van der Waals surface area contributed by atoms with Gasteiger partial charge in [-0.25, -0.2) is 0 Å². The predicted octanol–water partition coefficient (Wildman–Crippen LogP) is 3.64. The first kappa shape index (κ1) is 15.4. The minimum absolute atomic E-state index is 0.0270. The van der Waals surface area contributed by atoms with Gasteiger partial charge in [-0.15, -0.1) is 0 Å². The third-order valence-corrected chi connectivity index (χ3v) is 3.46. The second-order valence-corrected chi connectivity index (χ2v) is 5.28. The molecule has 1 atom stereocenters. The van der Waals surface area contributed by atoms with Gasteiger partial charge in [-0.05, 0) is 37.6 Å². The van der Waals surface area contributed by atoms with E-state index in [0.29, 0.717) is 6.61 Å². The quantitative estimate of drug-likeness (QED) is 0.881. The second-order valence-electron chi connectivity index (χ2n) is 5.28. The van der Waals surface area contributed by atoms with Crippen molar-refractivity contribution in [3.05, 3.63) is 59.2 Å². The molecule has 0 aliphatic carbocycles. The van der Waals surface area contributed by atoms with Crippen LogP contribution in [0.2, 0.25) is 0 Å². The van der Waals surface area contributed by atoms with Crippen LogP contribution in [0.4, 0.5) is 0 Å². The number of nitrogens with two attached hydrogens (primary N) is 1. The molecule has 2 N–H and O–H groups in total. The summed E-state index contributed by atoms with van der Waals surface area (Å²) in [5.74, 6) is 1.75. The largest absolute Gasteiger partial charge is 0.497 e. The van der Waals surface area contributed by atoms with Crippen LogP contribution in [0, 0.1) is 6.92 Å². The Morgan fingerprint density at radius 3 is 2.43 bits per heavy atom. The third-order valence-electron chi connectivity index (χ3n) is 3.46. The van der Waals surface area contributed by atoms with Crippen molar-refractivity contribution in [2.45, 2.75) is 26.3 Å². The van der Waals surface area contributed by atoms with Gasteiger partial charge >= 0.3 is 0 Å². The molecule has 0 bridgehead atoms. The number of benzene rings is 2. The molecule has 0 unspecified atom stereocenters. The summed E-state index contributed by atoms with van der Waals surface area (Å²) in [5, 5.41) is 0. The van der Waals surface area contributed by atoms with E-state index < -0.39 is 0 Å². The Morgan fingerprint density at radius 2 is 1.81 bits per heavy atom. The van der Waals surface area contributed by atoms with E-state index in [4.69, 9.17) is 15.2 Å². The summed E-state index contributed by atoms with van der Waals surface area (Å²) in [6.07, 6.45) is 0.857. The standard InChI is InChI=1S/C18H23NO2/c1-13-4-9-18(17(12-13)14(2)19)21-11-10-15-5-7-16(20-3)8-6-15/h4-9,12,14H,10-11,19H2,1-3H3/t14-/m1/s1. The number of rotatable bonds is 6. The van der Waals surface area contributed by atoms with Crippen molar-refractivity contribution < 1.29 is 9.47 Å². The van der Waals surface area contributed by atoms with E-state index in [-0.39, 0.29) is 6.04 Å². The molecule has 0 saturated heterocycles. The molecular weight excluding hydrogens is 262 g/mol. The van der Waals surface area contributed by atoms with Crippen LogP contribution in [0.3, 0.4) is 0 Å². The first-order valence-electron chi connectivity index (χ1n) is 7.22. The van der Waals surface area contributed by atoms with Crippen molar-refractivity contribution >= 4 is 0 Å². The van der Waals surface area contributed by atoms with Gasteiger partial charge in [-0.2, -0.15) is 0 Å². The van der Waals surface area contributed by atoms with Crippen LogP contribution in [-0.2, 0) is 6.42 Å². The fourth-order valence-corrected chi connectivity index (χ4v) is 2.23. The van der Waals surface area contributed by atoms with Crippen molar-refractivity contribution in [1.82, 2.24) is 0 Å². The topological polar surface area (TPSA) is 44.5 Å². The molecule has 3 nitrogen and oxygen atoms in total. The maximum atomic E-state index is 6.00. The Morgan fingerprint density at radius 1 is 1.10 bits per heavy atom. The van der Waals surface area contributed by atoms with Crippen LogP contribution in [0.1, 0.15) is 29.7 Å². The molecule has 0 aliphatic heterocycles. The van der Waals surface area contributed by atoms with E-state index in [1.807, 2.05) is 25.1 Å². The highest BCUT2D eigenvalue weighted by Crippen LogP contribution is 2.25. The molecule has 0 aliphatic rings. The van der Waals surface area contributed by atoms with Crippen LogP contribution in [0.25, 0.3) is 0 Å². The summed E-state index contributed by atoms with van der Waals surface area (Å²) in [4.78, 5) is 0. The molecule has 0 radical (unpaired) electrons. The van der Waals surface area contributed by atoms with E-state index in [1.54, 1.807) is 7.11 Å². The monoisotopic (exact) mass is 285 g/mol. The van der Waals surface area contributed by atoms with Gasteiger partial charge in [-0.3, -0.25) is 0 Å². The molecule has 0 amide bonds. The van der Waals surface area contributed by atoms with Gasteiger partial charge in [0.1, 0.15) is 11.5 Å². The smallest absolute Gasteiger partial charge is 0.124 e. The van der Waals surface area contributed by atoms with E-state index in [2.05, 4.69) is 31.2 Å². The van der Waals surface area contributed by atoms with E-state index in [9.17, 15) is 0 Å². The lowest BCUT2D eigenvalue weighted by Gasteiger charge is -2.15. The Kier molecular flexibility index (Phi) is 5.23. The minimum atomic E-state index is -0.0270. The van der Waals surface area contributed by atoms with Gasteiger partial charge in [0.2, 0.25) is 0 Å². The molecule has 2 rings (SSSR count). The van der Waals surface area contributed by atoms with E-state index >= 15 is 0 Å². The summed E-state index contributed by atoms with van der Waals surface area (Å²) in [6, 6.07) is 14.2. The van der Waals surface area contributed by atoms with Crippen molar-refractivity contribution in [2.75, 3.05) is 13.7 Å². The number of methoxy groups -OCH3 is 1. The number of hydrogen-bond acceptors (Lipinski definition) is 3. The second kappa shape index (κ2) is 7.14. The van der Waals surface area contributed by atoms with Crippen LogP contribution in [0.5, 0.6) is 11.5 Å². The maximum absolute atomic E-state index is 6.00. The fraction of sp³-hybridized carbons (Fsp3) is 0.333. The average molecular weight is 285 g/mol. The summed E-state index contributed by atoms with van der Waals surface area (Å²) >= 11 is 0. The number of aryl methyl sites for hydroxylation is 1. The van der Waals surface area contributed by atoms with Gasteiger partial charge in [0.15, 0.2) is 0 Å². The van der Waals surface area contributed by atoms with Crippen LogP contribution in [-0.4, -0.2) is 13.7 Å². The first-order chi connectivity index (χ1) is 10.1. The summed E-state index contributed by atoms with van der Waals surface area (Å²) < 4.78 is 11.1. The first-order valence-corrected chi connectivity index (χ1v) is 7.22. The van der Waals surface area contributed by atoms with Gasteiger partial charge < -0.3 is 15.2 Å². The van der Waals surface area contributed by atoms with E-state index in [0.717, 1.165) is 23.5 Å². The zero-order valence-electron chi connectivity index (χ0n) is 12.9. The molecule has 0 heterocycles. The Hall–Kier alpha value is -2.00. The number of hydrogen-bond donors (Lipinski definition) is 1. The zero-order chi connectivity index (χ0) is 15.2. The van der Waals surface area contributed by atoms with Gasteiger partial charge in [-0.1, -0.05) is 29.8 Å². The Labute approximate surface area is 126 Å². The molecule has 0 fully saturated rings. The molecule has 3 heteroatoms. The van der Waals surface area contributed by atoms with E-state index in [1.165, 1.54) is 11.1 Å².